The molecule has 0 bridgehead atoms. The minimum Gasteiger partial charge on any atom is -0.545 e. The predicted octanol–water partition coefficient (Wildman–Crippen LogP) is 22.0. The lowest BCUT2D eigenvalue weighted by Gasteiger charge is -2.26. The number of hydrogen-bond acceptors (Lipinski definition) is 8. The second-order valence-corrected chi connectivity index (χ2v) is 25.9. The number of nitrogens with zero attached hydrogens (tertiary/aromatic N) is 1. The van der Waals surface area contributed by atoms with Gasteiger partial charge in [-0.05, 0) is 103 Å². The van der Waals surface area contributed by atoms with E-state index in [-0.39, 0.29) is 38.6 Å². The van der Waals surface area contributed by atoms with E-state index in [0.29, 0.717) is 17.4 Å². The van der Waals surface area contributed by atoms with E-state index in [2.05, 4.69) is 123 Å². The highest BCUT2D eigenvalue weighted by atomic mass is 16.7. The van der Waals surface area contributed by atoms with Crippen molar-refractivity contribution >= 4 is 17.9 Å². The first kappa shape index (κ1) is 85.0. The van der Waals surface area contributed by atoms with Gasteiger partial charge in [-0.15, -0.1) is 0 Å². The molecule has 0 radical (unpaired) electrons. The monoisotopic (exact) mass is 1240 g/mol. The van der Waals surface area contributed by atoms with Gasteiger partial charge in [0.05, 0.1) is 40.3 Å². The van der Waals surface area contributed by atoms with Gasteiger partial charge in [-0.1, -0.05) is 316 Å². The Hall–Kier alpha value is -4.05. The number of carboxylic acid groups (broad SMARTS) is 1. The maximum absolute atomic E-state index is 12.9. The highest BCUT2D eigenvalue weighted by Gasteiger charge is 2.22. The lowest BCUT2D eigenvalue weighted by atomic mass is 10.0. The Labute approximate surface area is 549 Å². The molecule has 0 saturated heterocycles. The molecule has 0 aromatic carbocycles. The molecule has 9 nitrogen and oxygen atoms in total. The molecule has 0 rings (SSSR count). The second kappa shape index (κ2) is 69.8. The molecule has 512 valence electrons. The van der Waals surface area contributed by atoms with Gasteiger partial charge in [-0.3, -0.25) is 9.59 Å². The van der Waals surface area contributed by atoms with E-state index in [1.54, 1.807) is 0 Å². The molecule has 2 atom stereocenters. The molecule has 9 heteroatoms. The molecule has 0 amide bonds. The zero-order chi connectivity index (χ0) is 64.7. The van der Waals surface area contributed by atoms with Crippen molar-refractivity contribution in [1.82, 2.24) is 0 Å². The Bertz CT molecular complexity index is 1830. The van der Waals surface area contributed by atoms with Gasteiger partial charge in [-0.2, -0.15) is 0 Å². The predicted molar refractivity (Wildman–Crippen MR) is 380 cm³/mol. The highest BCUT2D eigenvalue weighted by molar-refractivity contribution is 5.70. The van der Waals surface area contributed by atoms with Crippen molar-refractivity contribution in [1.29, 1.82) is 0 Å². The Morgan fingerprint density at radius 1 is 0.348 bits per heavy atom. The average Bonchev–Trinajstić information content (AvgIpc) is 3.64. The number of carboxylic acids is 1. The molecule has 0 saturated carbocycles. The highest BCUT2D eigenvalue weighted by Crippen LogP contribution is 2.18. The van der Waals surface area contributed by atoms with E-state index in [1.165, 1.54) is 193 Å². The molecule has 0 heterocycles. The van der Waals surface area contributed by atoms with Crippen LogP contribution in [0, 0.1) is 0 Å². The van der Waals surface area contributed by atoms with Gasteiger partial charge in [0.15, 0.2) is 12.4 Å². The van der Waals surface area contributed by atoms with Crippen LogP contribution in [-0.4, -0.2) is 82.3 Å². The molecule has 0 aliphatic carbocycles. The third-order valence-electron chi connectivity index (χ3n) is 16.0. The maximum Gasteiger partial charge on any atom is 0.306 e. The summed E-state index contributed by atoms with van der Waals surface area (Å²) in [5.74, 6) is -2.31. The normalized spacial score (nSPS) is 13.3. The standard InChI is InChI=1S/C80H139NO8/c1-6-8-10-12-14-16-18-20-22-24-26-28-30-31-32-33-34-35-36-37-38-39-40-41-42-43-44-45-46-47-49-50-52-54-56-58-60-62-64-66-68-70-77(82)87-74-76(75-88-80(79(84)85)86-73-72-81(3,4)5)89-78(83)71-69-67-65-63-61-59-57-55-53-51-48-29-27-25-23-21-19-17-15-13-11-9-7-2/h9,11,15,17-18,20-21,23-24,26-27,29-31,51,53,57,59,76,80H,6-8,10,12-14,16,19,22,25,28,32-50,52,54-56,58,60-75H2,1-5H3/b11-9-,17-15-,20-18-,23-21-,26-24-,29-27-,31-30-,53-51-,59-57-. The first-order chi connectivity index (χ1) is 43.6. The Balaban J connectivity index is 4.01. The van der Waals surface area contributed by atoms with Crippen LogP contribution in [0.25, 0.3) is 0 Å². The van der Waals surface area contributed by atoms with Crippen LogP contribution < -0.4 is 5.11 Å². The molecule has 0 aromatic rings. The fraction of sp³-hybridized carbons (Fsp3) is 0.738. The molecular weight excluding hydrogens is 1100 g/mol. The number of carbonyl (C=O) groups excluding carboxylic acids is 3. The number of allylic oxidation sites excluding steroid dienone is 18. The van der Waals surface area contributed by atoms with Crippen LogP contribution in [0.3, 0.4) is 0 Å². The fourth-order valence-electron chi connectivity index (χ4n) is 10.4. The first-order valence-corrected chi connectivity index (χ1v) is 37.0. The number of aliphatic carboxylic acids is 1. The summed E-state index contributed by atoms with van der Waals surface area (Å²) in [6.45, 7) is 4.61. The number of ether oxygens (including phenoxy) is 4. The van der Waals surface area contributed by atoms with E-state index in [1.807, 2.05) is 21.1 Å². The Kier molecular flexibility index (Phi) is 66.7. The maximum atomic E-state index is 12.9. The quantitative estimate of drug-likeness (QED) is 0.0195. The minimum absolute atomic E-state index is 0.139. The van der Waals surface area contributed by atoms with Gasteiger partial charge in [-0.25, -0.2) is 0 Å². The van der Waals surface area contributed by atoms with Crippen LogP contribution in [0.1, 0.15) is 322 Å². The summed E-state index contributed by atoms with van der Waals surface area (Å²) >= 11 is 0. The lowest BCUT2D eigenvalue weighted by molar-refractivity contribution is -0.870. The topological polar surface area (TPSA) is 111 Å². The van der Waals surface area contributed by atoms with Crippen LogP contribution in [0.2, 0.25) is 0 Å². The van der Waals surface area contributed by atoms with Gasteiger partial charge in [0, 0.05) is 12.8 Å². The van der Waals surface area contributed by atoms with E-state index in [9.17, 15) is 19.5 Å². The zero-order valence-corrected chi connectivity index (χ0v) is 58.5. The van der Waals surface area contributed by atoms with Crippen LogP contribution in [0.5, 0.6) is 0 Å². The van der Waals surface area contributed by atoms with Crippen LogP contribution in [-0.2, 0) is 33.3 Å². The lowest BCUT2D eigenvalue weighted by Crippen LogP contribution is -2.44. The number of quaternary nitrogens is 1. The first-order valence-electron chi connectivity index (χ1n) is 37.0. The smallest absolute Gasteiger partial charge is 0.306 e. The van der Waals surface area contributed by atoms with Gasteiger partial charge in [0.2, 0.25) is 0 Å². The third kappa shape index (κ3) is 71.3. The molecular formula is C80H139NO8. The van der Waals surface area contributed by atoms with Crippen LogP contribution in [0.15, 0.2) is 109 Å². The summed E-state index contributed by atoms with van der Waals surface area (Å²) in [5.41, 5.74) is 0. The summed E-state index contributed by atoms with van der Waals surface area (Å²) in [4.78, 5) is 37.5. The van der Waals surface area contributed by atoms with Gasteiger partial charge < -0.3 is 33.3 Å². The molecule has 0 aliphatic rings. The van der Waals surface area contributed by atoms with Crippen LogP contribution >= 0.6 is 0 Å². The molecule has 0 fully saturated rings. The zero-order valence-electron chi connectivity index (χ0n) is 58.5. The molecule has 0 aliphatic heterocycles. The van der Waals surface area contributed by atoms with Gasteiger partial charge in [0.25, 0.3) is 0 Å². The van der Waals surface area contributed by atoms with Crippen molar-refractivity contribution < 1.29 is 42.9 Å². The summed E-state index contributed by atoms with van der Waals surface area (Å²) in [7, 11) is 5.92. The minimum atomic E-state index is -1.63. The summed E-state index contributed by atoms with van der Waals surface area (Å²) in [5, 5.41) is 11.8. The van der Waals surface area contributed by atoms with E-state index in [4.69, 9.17) is 18.9 Å². The third-order valence-corrected chi connectivity index (χ3v) is 16.0. The molecule has 2 unspecified atom stereocenters. The number of esters is 2. The molecule has 89 heavy (non-hydrogen) atoms. The van der Waals surface area contributed by atoms with Crippen molar-refractivity contribution in [2.24, 2.45) is 0 Å². The fourth-order valence-corrected chi connectivity index (χ4v) is 10.4. The van der Waals surface area contributed by atoms with Crippen molar-refractivity contribution in [3.05, 3.63) is 109 Å². The van der Waals surface area contributed by atoms with Crippen molar-refractivity contribution in [2.45, 2.75) is 334 Å². The average molecular weight is 1240 g/mol. The van der Waals surface area contributed by atoms with E-state index >= 15 is 0 Å². The second-order valence-electron chi connectivity index (χ2n) is 25.9. The largest absolute Gasteiger partial charge is 0.545 e. The summed E-state index contributed by atoms with van der Waals surface area (Å²) < 4.78 is 22.8. The van der Waals surface area contributed by atoms with Crippen molar-refractivity contribution in [2.75, 3.05) is 47.5 Å². The Morgan fingerprint density at radius 2 is 0.640 bits per heavy atom. The van der Waals surface area contributed by atoms with E-state index in [0.717, 1.165) is 96.3 Å². The van der Waals surface area contributed by atoms with Crippen molar-refractivity contribution in [3.63, 3.8) is 0 Å². The van der Waals surface area contributed by atoms with Gasteiger partial charge in [0.1, 0.15) is 13.2 Å². The summed E-state index contributed by atoms with van der Waals surface area (Å²) in [6.07, 6.45) is 94.9. The van der Waals surface area contributed by atoms with Crippen LogP contribution in [0.4, 0.5) is 0 Å². The summed E-state index contributed by atoms with van der Waals surface area (Å²) in [6, 6.07) is 0. The van der Waals surface area contributed by atoms with Gasteiger partial charge >= 0.3 is 11.9 Å². The Morgan fingerprint density at radius 3 is 0.955 bits per heavy atom. The number of hydrogen-bond donors (Lipinski definition) is 0. The molecule has 0 N–H and O–H groups in total. The molecule has 0 spiro atoms. The SMILES string of the molecule is CC/C=C\C/C=C\C/C=C\C/C=C\C/C=C\C/C=C\CCCCCCC(=O)OC(COC(=O)CCCCCCCCCCCCCCCCCCCCCCCCCCCC/C=C\C/C=C\C/C=C\CCCCCCC)COC(OCC[N+](C)(C)C)C(=O)[O-]. The van der Waals surface area contributed by atoms with E-state index < -0.39 is 24.3 Å². The van der Waals surface area contributed by atoms with Crippen molar-refractivity contribution in [3.8, 4) is 0 Å². The number of carbonyl (C=O) groups is 3. The molecule has 0 aromatic heterocycles. The number of rotatable bonds is 68. The number of unbranched alkanes of at least 4 members (excludes halogenated alkanes) is 35. The number of likely N-dealkylation sites (N-methyl/N-ethyl adjacent to an activating group) is 1.